The van der Waals surface area contributed by atoms with Crippen LogP contribution in [0.1, 0.15) is 25.3 Å². The number of nitrogens with zero attached hydrogens (tertiary/aromatic N) is 1. The van der Waals surface area contributed by atoms with E-state index in [1.54, 1.807) is 0 Å². The Morgan fingerprint density at radius 3 is 2.87 bits per heavy atom. The third-order valence-electron chi connectivity index (χ3n) is 2.05. The van der Waals surface area contributed by atoms with Crippen molar-refractivity contribution in [1.82, 2.24) is 0 Å². The van der Waals surface area contributed by atoms with Gasteiger partial charge in [-0.05, 0) is 18.1 Å². The Labute approximate surface area is 89.7 Å². The minimum Gasteiger partial charge on any atom is -0.325 e. The lowest BCUT2D eigenvalue weighted by Crippen LogP contribution is -2.11. The number of rotatable bonds is 4. The van der Waals surface area contributed by atoms with E-state index in [1.807, 2.05) is 30.3 Å². The van der Waals surface area contributed by atoms with Gasteiger partial charge in [0.25, 0.3) is 0 Å². The molecule has 1 amide bonds. The Kier molecular flexibility index (Phi) is 4.36. The molecule has 1 aromatic carbocycles. The minimum absolute atomic E-state index is 0.0968. The second-order valence-electron chi connectivity index (χ2n) is 3.29. The molecule has 0 aliphatic rings. The summed E-state index contributed by atoms with van der Waals surface area (Å²) in [5.41, 5.74) is 1.94. The molecule has 0 fully saturated rings. The number of aryl methyl sites for hydroxylation is 1. The Morgan fingerprint density at radius 2 is 2.20 bits per heavy atom. The Bertz CT molecular complexity index is 379. The molecular formula is C12H14N2O. The van der Waals surface area contributed by atoms with E-state index < -0.39 is 0 Å². The standard InChI is InChI=1S/C12H14N2O/c1-2-5-10-6-3-4-7-11(10)14-12(15)8-9-13/h3-4,6-7H,2,5,8H2,1H3,(H,14,15). The molecule has 3 heteroatoms. The quantitative estimate of drug-likeness (QED) is 0.815. The minimum atomic E-state index is -0.249. The van der Waals surface area contributed by atoms with Gasteiger partial charge in [0.05, 0.1) is 6.07 Å². The first-order valence-electron chi connectivity index (χ1n) is 5.02. The summed E-state index contributed by atoms with van der Waals surface area (Å²) in [5, 5.41) is 11.1. The first kappa shape index (κ1) is 11.3. The van der Waals surface area contributed by atoms with Crippen LogP contribution in [0.4, 0.5) is 5.69 Å². The number of amides is 1. The normalized spacial score (nSPS) is 9.33. The van der Waals surface area contributed by atoms with Gasteiger partial charge in [0.1, 0.15) is 6.42 Å². The lowest BCUT2D eigenvalue weighted by molar-refractivity contribution is -0.115. The molecule has 0 atom stereocenters. The second-order valence-corrected chi connectivity index (χ2v) is 3.29. The summed E-state index contributed by atoms with van der Waals surface area (Å²) in [4.78, 5) is 11.2. The molecule has 1 aromatic rings. The summed E-state index contributed by atoms with van der Waals surface area (Å²) in [6, 6.07) is 9.51. The molecular weight excluding hydrogens is 188 g/mol. The van der Waals surface area contributed by atoms with Gasteiger partial charge in [-0.25, -0.2) is 0 Å². The lowest BCUT2D eigenvalue weighted by atomic mass is 10.1. The van der Waals surface area contributed by atoms with E-state index in [2.05, 4.69) is 12.2 Å². The molecule has 1 rings (SSSR count). The Hall–Kier alpha value is -1.82. The molecule has 0 aromatic heterocycles. The van der Waals surface area contributed by atoms with Crippen molar-refractivity contribution in [1.29, 1.82) is 5.26 Å². The first-order valence-corrected chi connectivity index (χ1v) is 5.02. The van der Waals surface area contributed by atoms with Crippen LogP contribution in [0.3, 0.4) is 0 Å². The van der Waals surface area contributed by atoms with E-state index in [0.717, 1.165) is 24.1 Å². The van der Waals surface area contributed by atoms with Crippen LogP contribution >= 0.6 is 0 Å². The first-order chi connectivity index (χ1) is 7.27. The molecule has 0 spiro atoms. The van der Waals surface area contributed by atoms with Crippen LogP contribution < -0.4 is 5.32 Å². The highest BCUT2D eigenvalue weighted by atomic mass is 16.1. The molecule has 15 heavy (non-hydrogen) atoms. The van der Waals surface area contributed by atoms with Gasteiger partial charge in [-0.1, -0.05) is 31.5 Å². The summed E-state index contributed by atoms with van der Waals surface area (Å²) in [6.45, 7) is 2.09. The van der Waals surface area contributed by atoms with E-state index >= 15 is 0 Å². The van der Waals surface area contributed by atoms with E-state index in [4.69, 9.17) is 5.26 Å². The molecule has 1 N–H and O–H groups in total. The van der Waals surface area contributed by atoms with Crippen LogP contribution in [-0.2, 0) is 11.2 Å². The molecule has 0 saturated carbocycles. The number of carbonyl (C=O) groups is 1. The van der Waals surface area contributed by atoms with Gasteiger partial charge >= 0.3 is 0 Å². The van der Waals surface area contributed by atoms with Crippen LogP contribution in [0.5, 0.6) is 0 Å². The maximum absolute atomic E-state index is 11.2. The molecule has 0 unspecified atom stereocenters. The number of anilines is 1. The zero-order valence-electron chi connectivity index (χ0n) is 8.79. The van der Waals surface area contributed by atoms with Crippen molar-refractivity contribution in [2.45, 2.75) is 26.2 Å². The number of nitrogens with one attached hydrogen (secondary N) is 1. The number of carbonyl (C=O) groups excluding carboxylic acids is 1. The maximum Gasteiger partial charge on any atom is 0.238 e. The molecule has 0 bridgehead atoms. The third-order valence-corrected chi connectivity index (χ3v) is 2.05. The topological polar surface area (TPSA) is 52.9 Å². The van der Waals surface area contributed by atoms with Crippen molar-refractivity contribution in [2.75, 3.05) is 5.32 Å². The largest absolute Gasteiger partial charge is 0.325 e. The summed E-state index contributed by atoms with van der Waals surface area (Å²) in [5.74, 6) is -0.249. The zero-order chi connectivity index (χ0) is 11.1. The lowest BCUT2D eigenvalue weighted by Gasteiger charge is -2.08. The predicted octanol–water partition coefficient (Wildman–Crippen LogP) is 2.49. The van der Waals surface area contributed by atoms with Gasteiger partial charge in [0.15, 0.2) is 0 Å². The van der Waals surface area contributed by atoms with Crippen molar-refractivity contribution in [3.63, 3.8) is 0 Å². The van der Waals surface area contributed by atoms with Gasteiger partial charge in [-0.3, -0.25) is 4.79 Å². The van der Waals surface area contributed by atoms with Crippen molar-refractivity contribution in [2.24, 2.45) is 0 Å². The van der Waals surface area contributed by atoms with Crippen LogP contribution in [0.15, 0.2) is 24.3 Å². The van der Waals surface area contributed by atoms with E-state index in [9.17, 15) is 4.79 Å². The Balaban J connectivity index is 2.75. The van der Waals surface area contributed by atoms with Gasteiger partial charge in [0.2, 0.25) is 5.91 Å². The van der Waals surface area contributed by atoms with Crippen LogP contribution in [-0.4, -0.2) is 5.91 Å². The summed E-state index contributed by atoms with van der Waals surface area (Å²) >= 11 is 0. The van der Waals surface area contributed by atoms with Crippen molar-refractivity contribution >= 4 is 11.6 Å². The fourth-order valence-electron chi connectivity index (χ4n) is 1.40. The number of hydrogen-bond donors (Lipinski definition) is 1. The third kappa shape index (κ3) is 3.43. The average Bonchev–Trinajstić information content (AvgIpc) is 2.21. The summed E-state index contributed by atoms with van der Waals surface area (Å²) in [7, 11) is 0. The molecule has 0 radical (unpaired) electrons. The van der Waals surface area contributed by atoms with Crippen LogP contribution in [0, 0.1) is 11.3 Å². The zero-order valence-corrected chi connectivity index (χ0v) is 8.79. The predicted molar refractivity (Wildman–Crippen MR) is 59.3 cm³/mol. The molecule has 0 heterocycles. The number of hydrogen-bond acceptors (Lipinski definition) is 2. The highest BCUT2D eigenvalue weighted by Gasteiger charge is 2.04. The maximum atomic E-state index is 11.2. The van der Waals surface area contributed by atoms with E-state index in [-0.39, 0.29) is 12.3 Å². The smallest absolute Gasteiger partial charge is 0.238 e. The average molecular weight is 202 g/mol. The van der Waals surface area contributed by atoms with Gasteiger partial charge in [-0.2, -0.15) is 5.26 Å². The van der Waals surface area contributed by atoms with Crippen molar-refractivity contribution in [3.8, 4) is 6.07 Å². The number of nitriles is 1. The van der Waals surface area contributed by atoms with Gasteiger partial charge < -0.3 is 5.32 Å². The highest BCUT2D eigenvalue weighted by Crippen LogP contribution is 2.16. The number of para-hydroxylation sites is 1. The van der Waals surface area contributed by atoms with E-state index in [1.165, 1.54) is 0 Å². The highest BCUT2D eigenvalue weighted by molar-refractivity contribution is 5.92. The SMILES string of the molecule is CCCc1ccccc1NC(=O)CC#N. The van der Waals surface area contributed by atoms with E-state index in [0.29, 0.717) is 0 Å². The molecule has 0 saturated heterocycles. The fraction of sp³-hybridized carbons (Fsp3) is 0.333. The molecule has 3 nitrogen and oxygen atoms in total. The summed E-state index contributed by atoms with van der Waals surface area (Å²) in [6.07, 6.45) is 1.87. The monoisotopic (exact) mass is 202 g/mol. The second kappa shape index (κ2) is 5.82. The van der Waals surface area contributed by atoms with Crippen LogP contribution in [0.2, 0.25) is 0 Å². The van der Waals surface area contributed by atoms with Gasteiger partial charge in [-0.15, -0.1) is 0 Å². The Morgan fingerprint density at radius 1 is 1.47 bits per heavy atom. The molecule has 0 aliphatic heterocycles. The molecule has 78 valence electrons. The summed E-state index contributed by atoms with van der Waals surface area (Å²) < 4.78 is 0. The van der Waals surface area contributed by atoms with Crippen LogP contribution in [0.25, 0.3) is 0 Å². The van der Waals surface area contributed by atoms with Crippen molar-refractivity contribution < 1.29 is 4.79 Å². The number of benzene rings is 1. The van der Waals surface area contributed by atoms with Crippen molar-refractivity contribution in [3.05, 3.63) is 29.8 Å². The fourth-order valence-corrected chi connectivity index (χ4v) is 1.40. The van der Waals surface area contributed by atoms with Gasteiger partial charge in [0, 0.05) is 5.69 Å². The molecule has 0 aliphatic carbocycles.